The van der Waals surface area contributed by atoms with Gasteiger partial charge in [0.1, 0.15) is 16.8 Å². The SMILES string of the molecule is CC(=O)Oc1ccc(-n2nc3ccccc3n2)c(C(C)Br)c1. The van der Waals surface area contributed by atoms with Gasteiger partial charge in [0.15, 0.2) is 0 Å². The molecule has 1 aromatic heterocycles. The molecule has 0 spiro atoms. The van der Waals surface area contributed by atoms with Gasteiger partial charge in [0, 0.05) is 11.8 Å². The first-order valence-corrected chi connectivity index (χ1v) is 7.75. The normalized spacial score (nSPS) is 12.3. The first kappa shape index (κ1) is 14.7. The Morgan fingerprint density at radius 1 is 1.18 bits per heavy atom. The van der Waals surface area contributed by atoms with Gasteiger partial charge < -0.3 is 4.74 Å². The van der Waals surface area contributed by atoms with Crippen molar-refractivity contribution in [1.82, 2.24) is 15.0 Å². The minimum atomic E-state index is -0.344. The van der Waals surface area contributed by atoms with Gasteiger partial charge in [-0.25, -0.2) is 0 Å². The Bertz CT molecular complexity index is 809. The summed E-state index contributed by atoms with van der Waals surface area (Å²) in [6.07, 6.45) is 0. The fourth-order valence-corrected chi connectivity index (χ4v) is 2.60. The maximum Gasteiger partial charge on any atom is 0.308 e. The van der Waals surface area contributed by atoms with Gasteiger partial charge in [-0.3, -0.25) is 4.79 Å². The van der Waals surface area contributed by atoms with E-state index in [1.165, 1.54) is 6.92 Å². The molecule has 3 rings (SSSR count). The van der Waals surface area contributed by atoms with E-state index in [4.69, 9.17) is 4.74 Å². The van der Waals surface area contributed by atoms with Gasteiger partial charge in [-0.2, -0.15) is 4.80 Å². The highest BCUT2D eigenvalue weighted by molar-refractivity contribution is 9.09. The zero-order valence-corrected chi connectivity index (χ0v) is 13.7. The molecule has 112 valence electrons. The lowest BCUT2D eigenvalue weighted by atomic mass is 10.1. The summed E-state index contributed by atoms with van der Waals surface area (Å²) < 4.78 is 5.15. The van der Waals surface area contributed by atoms with Crippen LogP contribution >= 0.6 is 15.9 Å². The quantitative estimate of drug-likeness (QED) is 0.405. The van der Waals surface area contributed by atoms with Gasteiger partial charge in [0.05, 0.1) is 5.69 Å². The lowest BCUT2D eigenvalue weighted by Crippen LogP contribution is -2.06. The molecule has 3 aromatic rings. The van der Waals surface area contributed by atoms with E-state index in [0.29, 0.717) is 5.75 Å². The van der Waals surface area contributed by atoms with Gasteiger partial charge >= 0.3 is 5.97 Å². The van der Waals surface area contributed by atoms with E-state index in [-0.39, 0.29) is 10.8 Å². The molecule has 1 unspecified atom stereocenters. The van der Waals surface area contributed by atoms with Crippen LogP contribution in [0.5, 0.6) is 5.75 Å². The van der Waals surface area contributed by atoms with Crippen LogP contribution in [0.1, 0.15) is 24.2 Å². The lowest BCUT2D eigenvalue weighted by Gasteiger charge is -2.12. The maximum atomic E-state index is 11.1. The predicted octanol–water partition coefficient (Wildman–Crippen LogP) is 3.80. The van der Waals surface area contributed by atoms with Crippen molar-refractivity contribution in [3.63, 3.8) is 0 Å². The van der Waals surface area contributed by atoms with E-state index in [9.17, 15) is 4.79 Å². The van der Waals surface area contributed by atoms with E-state index >= 15 is 0 Å². The number of halogens is 1. The standard InChI is InChI=1S/C16H14BrN3O2/c1-10(17)13-9-12(22-11(2)21)7-8-16(13)20-18-14-5-3-4-6-15(14)19-20/h3-10H,1-2H3. The molecule has 0 radical (unpaired) electrons. The summed E-state index contributed by atoms with van der Waals surface area (Å²) in [6.45, 7) is 3.38. The number of fused-ring (bicyclic) bond motifs is 1. The molecule has 6 heteroatoms. The van der Waals surface area contributed by atoms with Crippen LogP contribution in [0.25, 0.3) is 16.7 Å². The molecule has 5 nitrogen and oxygen atoms in total. The molecular formula is C16H14BrN3O2. The van der Waals surface area contributed by atoms with Crippen LogP contribution in [-0.4, -0.2) is 21.0 Å². The Kier molecular flexibility index (Phi) is 3.94. The smallest absolute Gasteiger partial charge is 0.308 e. The van der Waals surface area contributed by atoms with Gasteiger partial charge in [0.2, 0.25) is 0 Å². The van der Waals surface area contributed by atoms with E-state index in [0.717, 1.165) is 22.3 Å². The van der Waals surface area contributed by atoms with Crippen LogP contribution in [-0.2, 0) is 4.79 Å². The molecular weight excluding hydrogens is 346 g/mol. The average molecular weight is 360 g/mol. The van der Waals surface area contributed by atoms with Gasteiger partial charge in [-0.15, -0.1) is 10.2 Å². The third kappa shape index (κ3) is 2.87. The van der Waals surface area contributed by atoms with Crippen molar-refractivity contribution in [2.75, 3.05) is 0 Å². The summed E-state index contributed by atoms with van der Waals surface area (Å²) in [6, 6.07) is 13.1. The number of alkyl halides is 1. The van der Waals surface area contributed by atoms with Crippen molar-refractivity contribution in [3.8, 4) is 11.4 Å². The molecule has 0 aliphatic carbocycles. The molecule has 22 heavy (non-hydrogen) atoms. The Morgan fingerprint density at radius 2 is 1.82 bits per heavy atom. The summed E-state index contributed by atoms with van der Waals surface area (Å²) in [4.78, 5) is 12.8. The number of aromatic nitrogens is 3. The molecule has 0 N–H and O–H groups in total. The third-order valence-electron chi connectivity index (χ3n) is 3.19. The molecule has 0 aliphatic heterocycles. The highest BCUT2D eigenvalue weighted by Gasteiger charge is 2.14. The number of carbonyl (C=O) groups excluding carboxylic acids is 1. The summed E-state index contributed by atoms with van der Waals surface area (Å²) in [7, 11) is 0. The minimum absolute atomic E-state index is 0.0621. The lowest BCUT2D eigenvalue weighted by molar-refractivity contribution is -0.131. The van der Waals surface area contributed by atoms with E-state index in [1.807, 2.05) is 43.3 Å². The number of nitrogens with zero attached hydrogens (tertiary/aromatic N) is 3. The number of hydrogen-bond acceptors (Lipinski definition) is 4. The van der Waals surface area contributed by atoms with E-state index < -0.39 is 0 Å². The average Bonchev–Trinajstić information content (AvgIpc) is 2.90. The molecule has 0 bridgehead atoms. The monoisotopic (exact) mass is 359 g/mol. The number of esters is 1. The Morgan fingerprint density at radius 3 is 2.36 bits per heavy atom. The van der Waals surface area contributed by atoms with Crippen LogP contribution in [0.3, 0.4) is 0 Å². The third-order valence-corrected chi connectivity index (χ3v) is 3.68. The fourth-order valence-electron chi connectivity index (χ4n) is 2.23. The molecule has 0 aliphatic rings. The molecule has 0 saturated carbocycles. The van der Waals surface area contributed by atoms with Crippen molar-refractivity contribution in [2.24, 2.45) is 0 Å². The summed E-state index contributed by atoms with van der Waals surface area (Å²) in [5, 5.41) is 8.99. The van der Waals surface area contributed by atoms with Crippen LogP contribution in [0.2, 0.25) is 0 Å². The summed E-state index contributed by atoms with van der Waals surface area (Å²) in [5.74, 6) is 0.165. The highest BCUT2D eigenvalue weighted by atomic mass is 79.9. The van der Waals surface area contributed by atoms with Gasteiger partial charge in [-0.05, 0) is 42.8 Å². The number of rotatable bonds is 3. The first-order valence-electron chi connectivity index (χ1n) is 6.83. The second-order valence-corrected chi connectivity index (χ2v) is 6.28. The number of ether oxygens (including phenoxy) is 1. The number of carbonyl (C=O) groups is 1. The van der Waals surface area contributed by atoms with Crippen LogP contribution in [0, 0.1) is 0 Å². The number of hydrogen-bond donors (Lipinski definition) is 0. The zero-order valence-electron chi connectivity index (χ0n) is 12.2. The Balaban J connectivity index is 2.10. The Labute approximate surface area is 136 Å². The number of benzene rings is 2. The Hall–Kier alpha value is -2.21. The molecule has 1 atom stereocenters. The second kappa shape index (κ2) is 5.88. The van der Waals surface area contributed by atoms with E-state index in [1.54, 1.807) is 10.9 Å². The second-order valence-electron chi connectivity index (χ2n) is 4.91. The van der Waals surface area contributed by atoms with Crippen LogP contribution in [0.15, 0.2) is 42.5 Å². The largest absolute Gasteiger partial charge is 0.427 e. The first-order chi connectivity index (χ1) is 10.5. The maximum absolute atomic E-state index is 11.1. The molecule has 0 amide bonds. The highest BCUT2D eigenvalue weighted by Crippen LogP contribution is 2.31. The van der Waals surface area contributed by atoms with Crippen molar-refractivity contribution in [1.29, 1.82) is 0 Å². The van der Waals surface area contributed by atoms with Crippen molar-refractivity contribution < 1.29 is 9.53 Å². The summed E-state index contributed by atoms with van der Waals surface area (Å²) >= 11 is 3.57. The minimum Gasteiger partial charge on any atom is -0.427 e. The zero-order chi connectivity index (χ0) is 15.7. The van der Waals surface area contributed by atoms with Crippen LogP contribution < -0.4 is 4.74 Å². The van der Waals surface area contributed by atoms with Gasteiger partial charge in [0.25, 0.3) is 0 Å². The topological polar surface area (TPSA) is 57.0 Å². The molecule has 2 aromatic carbocycles. The molecule has 0 fully saturated rings. The molecule has 1 heterocycles. The van der Waals surface area contributed by atoms with Crippen molar-refractivity contribution >= 4 is 32.9 Å². The molecule has 0 saturated heterocycles. The predicted molar refractivity (Wildman–Crippen MR) is 87.5 cm³/mol. The van der Waals surface area contributed by atoms with E-state index in [2.05, 4.69) is 26.1 Å². The fraction of sp³-hybridized carbons (Fsp3) is 0.188. The van der Waals surface area contributed by atoms with Crippen molar-refractivity contribution in [2.45, 2.75) is 18.7 Å². The van der Waals surface area contributed by atoms with Crippen molar-refractivity contribution in [3.05, 3.63) is 48.0 Å². The van der Waals surface area contributed by atoms with Gasteiger partial charge in [-0.1, -0.05) is 28.1 Å². The summed E-state index contributed by atoms with van der Waals surface area (Å²) in [5.41, 5.74) is 3.45. The van der Waals surface area contributed by atoms with Crippen LogP contribution in [0.4, 0.5) is 0 Å².